The molecule has 1 atom stereocenters. The van der Waals surface area contributed by atoms with Crippen LogP contribution in [-0.4, -0.2) is 37.6 Å². The van der Waals surface area contributed by atoms with E-state index in [4.69, 9.17) is 10.5 Å². The van der Waals surface area contributed by atoms with Gasteiger partial charge in [0.1, 0.15) is 5.75 Å². The van der Waals surface area contributed by atoms with Gasteiger partial charge in [-0.3, -0.25) is 4.79 Å². The van der Waals surface area contributed by atoms with E-state index in [9.17, 15) is 4.79 Å². The van der Waals surface area contributed by atoms with Crippen molar-refractivity contribution in [2.45, 2.75) is 13.0 Å². The molecule has 18 heavy (non-hydrogen) atoms. The van der Waals surface area contributed by atoms with Crippen molar-refractivity contribution in [2.24, 2.45) is 5.73 Å². The molecule has 6 heteroatoms. The number of rotatable bonds is 4. The Bertz CT molecular complexity index is 415. The molecule has 0 fully saturated rings. The fourth-order valence-corrected chi connectivity index (χ4v) is 1.76. The minimum Gasteiger partial charge on any atom is -0.497 e. The first kappa shape index (κ1) is 17.2. The lowest BCUT2D eigenvalue weighted by molar-refractivity contribution is 0.0747. The van der Waals surface area contributed by atoms with E-state index in [1.165, 1.54) is 0 Å². The number of carbonyl (C=O) groups excluding carboxylic acids is 1. The molecule has 1 rings (SSSR count). The summed E-state index contributed by atoms with van der Waals surface area (Å²) in [6, 6.07) is 5.31. The Morgan fingerprint density at radius 2 is 2.17 bits per heavy atom. The summed E-state index contributed by atoms with van der Waals surface area (Å²) in [7, 11) is 3.31. The van der Waals surface area contributed by atoms with Gasteiger partial charge in [0.2, 0.25) is 0 Å². The molecule has 0 aliphatic carbocycles. The highest BCUT2D eigenvalue weighted by Crippen LogP contribution is 2.23. The van der Waals surface area contributed by atoms with Crippen LogP contribution >= 0.6 is 28.3 Å². The van der Waals surface area contributed by atoms with Crippen molar-refractivity contribution >= 4 is 34.2 Å². The van der Waals surface area contributed by atoms with Gasteiger partial charge in [0, 0.05) is 24.1 Å². The minimum absolute atomic E-state index is 0. The SMILES string of the molecule is COc1ccc(Br)c(C(=O)N(C)C(C)CN)c1.Cl. The van der Waals surface area contributed by atoms with E-state index in [0.29, 0.717) is 17.9 Å². The van der Waals surface area contributed by atoms with Crippen LogP contribution in [0.4, 0.5) is 0 Å². The average molecular weight is 338 g/mol. The number of hydrogen-bond acceptors (Lipinski definition) is 3. The monoisotopic (exact) mass is 336 g/mol. The van der Waals surface area contributed by atoms with Crippen LogP contribution in [0.3, 0.4) is 0 Å². The van der Waals surface area contributed by atoms with Gasteiger partial charge >= 0.3 is 0 Å². The summed E-state index contributed by atoms with van der Waals surface area (Å²) >= 11 is 3.37. The van der Waals surface area contributed by atoms with Gasteiger partial charge in [-0.15, -0.1) is 12.4 Å². The highest BCUT2D eigenvalue weighted by molar-refractivity contribution is 9.10. The summed E-state index contributed by atoms with van der Waals surface area (Å²) < 4.78 is 5.86. The van der Waals surface area contributed by atoms with Crippen LogP contribution in [0.25, 0.3) is 0 Å². The molecule has 0 aromatic heterocycles. The first-order valence-electron chi connectivity index (χ1n) is 5.32. The van der Waals surface area contributed by atoms with Gasteiger partial charge in [0.05, 0.1) is 12.7 Å². The second-order valence-corrected chi connectivity index (χ2v) is 4.70. The molecule has 2 N–H and O–H groups in total. The standard InChI is InChI=1S/C12H17BrN2O2.ClH/c1-8(7-14)15(2)12(16)10-6-9(17-3)4-5-11(10)13;/h4-6,8H,7,14H2,1-3H3;1H. The fourth-order valence-electron chi connectivity index (χ4n) is 1.34. The molecule has 1 amide bonds. The van der Waals surface area contributed by atoms with Gasteiger partial charge in [0.25, 0.3) is 5.91 Å². The van der Waals surface area contributed by atoms with E-state index in [2.05, 4.69) is 15.9 Å². The zero-order chi connectivity index (χ0) is 13.0. The second-order valence-electron chi connectivity index (χ2n) is 3.85. The maximum atomic E-state index is 12.2. The van der Waals surface area contributed by atoms with Crippen molar-refractivity contribution in [3.63, 3.8) is 0 Å². The van der Waals surface area contributed by atoms with Crippen LogP contribution in [0.15, 0.2) is 22.7 Å². The number of likely N-dealkylation sites (N-methyl/N-ethyl adjacent to an activating group) is 1. The smallest absolute Gasteiger partial charge is 0.255 e. The Kier molecular flexibility index (Phi) is 7.28. The molecule has 0 saturated heterocycles. The topological polar surface area (TPSA) is 55.6 Å². The number of benzene rings is 1. The number of ether oxygens (including phenoxy) is 1. The number of nitrogens with zero attached hydrogens (tertiary/aromatic N) is 1. The normalized spacial score (nSPS) is 11.4. The molecule has 0 aliphatic heterocycles. The molecule has 0 radical (unpaired) electrons. The summed E-state index contributed by atoms with van der Waals surface area (Å²) in [5.74, 6) is 0.582. The highest BCUT2D eigenvalue weighted by atomic mass is 79.9. The van der Waals surface area contributed by atoms with Gasteiger partial charge < -0.3 is 15.4 Å². The molecule has 1 unspecified atom stereocenters. The molecule has 0 bridgehead atoms. The Hall–Kier alpha value is -0.780. The Balaban J connectivity index is 0.00000289. The van der Waals surface area contributed by atoms with Gasteiger partial charge in [-0.2, -0.15) is 0 Å². The number of nitrogens with two attached hydrogens (primary N) is 1. The molecular formula is C12H18BrClN2O2. The first-order valence-corrected chi connectivity index (χ1v) is 6.11. The van der Waals surface area contributed by atoms with Gasteiger partial charge in [-0.1, -0.05) is 0 Å². The molecule has 102 valence electrons. The van der Waals surface area contributed by atoms with Crippen LogP contribution in [0, 0.1) is 0 Å². The third-order valence-electron chi connectivity index (χ3n) is 2.73. The lowest BCUT2D eigenvalue weighted by atomic mass is 10.1. The number of hydrogen-bond donors (Lipinski definition) is 1. The number of amides is 1. The van der Waals surface area contributed by atoms with E-state index in [1.807, 2.05) is 6.92 Å². The van der Waals surface area contributed by atoms with Crippen LogP contribution < -0.4 is 10.5 Å². The van der Waals surface area contributed by atoms with E-state index < -0.39 is 0 Å². The second kappa shape index (κ2) is 7.61. The highest BCUT2D eigenvalue weighted by Gasteiger charge is 2.19. The van der Waals surface area contributed by atoms with Crippen molar-refractivity contribution in [1.29, 1.82) is 0 Å². The zero-order valence-electron chi connectivity index (χ0n) is 10.6. The van der Waals surface area contributed by atoms with Crippen LogP contribution in [0.2, 0.25) is 0 Å². The lowest BCUT2D eigenvalue weighted by Crippen LogP contribution is -2.39. The molecule has 0 saturated carbocycles. The van der Waals surface area contributed by atoms with E-state index in [0.717, 1.165) is 4.47 Å². The van der Waals surface area contributed by atoms with Crippen LogP contribution in [-0.2, 0) is 0 Å². The van der Waals surface area contributed by atoms with E-state index in [-0.39, 0.29) is 24.4 Å². The molecular weight excluding hydrogens is 320 g/mol. The quantitative estimate of drug-likeness (QED) is 0.917. The first-order chi connectivity index (χ1) is 8.01. The van der Waals surface area contributed by atoms with Crippen molar-refractivity contribution in [2.75, 3.05) is 20.7 Å². The number of methoxy groups -OCH3 is 1. The Morgan fingerprint density at radius 1 is 1.56 bits per heavy atom. The minimum atomic E-state index is -0.0753. The van der Waals surface area contributed by atoms with E-state index >= 15 is 0 Å². The summed E-state index contributed by atoms with van der Waals surface area (Å²) in [5.41, 5.74) is 6.13. The molecule has 1 aromatic carbocycles. The summed E-state index contributed by atoms with van der Waals surface area (Å²) in [6.45, 7) is 2.34. The van der Waals surface area contributed by atoms with Crippen molar-refractivity contribution < 1.29 is 9.53 Å². The van der Waals surface area contributed by atoms with E-state index in [1.54, 1.807) is 37.3 Å². The third kappa shape index (κ3) is 3.86. The van der Waals surface area contributed by atoms with Crippen molar-refractivity contribution in [3.8, 4) is 5.75 Å². The van der Waals surface area contributed by atoms with Crippen molar-refractivity contribution in [1.82, 2.24) is 4.90 Å². The molecule has 0 aliphatic rings. The van der Waals surface area contributed by atoms with Gasteiger partial charge in [-0.05, 0) is 41.1 Å². The van der Waals surface area contributed by atoms with Crippen LogP contribution in [0.1, 0.15) is 17.3 Å². The maximum Gasteiger partial charge on any atom is 0.255 e. The fraction of sp³-hybridized carbons (Fsp3) is 0.417. The number of halogens is 2. The summed E-state index contributed by atoms with van der Waals surface area (Å²) in [6.07, 6.45) is 0. The molecule has 1 aromatic rings. The third-order valence-corrected chi connectivity index (χ3v) is 3.42. The maximum absolute atomic E-state index is 12.2. The predicted octanol–water partition coefficient (Wildman–Crippen LogP) is 2.30. The lowest BCUT2D eigenvalue weighted by Gasteiger charge is -2.24. The Labute approximate surface area is 122 Å². The zero-order valence-corrected chi connectivity index (χ0v) is 13.0. The number of carbonyl (C=O) groups is 1. The van der Waals surface area contributed by atoms with Gasteiger partial charge in [-0.25, -0.2) is 0 Å². The predicted molar refractivity (Wildman–Crippen MR) is 78.6 cm³/mol. The average Bonchev–Trinajstić information content (AvgIpc) is 2.36. The molecule has 0 spiro atoms. The Morgan fingerprint density at radius 3 is 2.67 bits per heavy atom. The van der Waals surface area contributed by atoms with Crippen LogP contribution in [0.5, 0.6) is 5.75 Å². The summed E-state index contributed by atoms with van der Waals surface area (Å²) in [4.78, 5) is 13.8. The molecule has 0 heterocycles. The summed E-state index contributed by atoms with van der Waals surface area (Å²) in [5, 5.41) is 0. The largest absolute Gasteiger partial charge is 0.497 e. The van der Waals surface area contributed by atoms with Crippen molar-refractivity contribution in [3.05, 3.63) is 28.2 Å². The van der Waals surface area contributed by atoms with Gasteiger partial charge in [0.15, 0.2) is 0 Å². The molecule has 4 nitrogen and oxygen atoms in total.